The maximum Gasteiger partial charge on any atom is 0.306 e. The number of hydrogen-bond acceptors (Lipinski definition) is 3. The lowest BCUT2D eigenvalue weighted by atomic mass is 9.47. The third-order valence-corrected chi connectivity index (χ3v) is 7.55. The number of cyclic esters (lactones) is 1. The zero-order valence-corrected chi connectivity index (χ0v) is 13.8. The Morgan fingerprint density at radius 1 is 1.18 bits per heavy atom. The molecule has 1 heterocycles. The maximum absolute atomic E-state index is 11.9. The predicted octanol–water partition coefficient (Wildman–Crippen LogP) is 3.46. The summed E-state index contributed by atoms with van der Waals surface area (Å²) in [5.74, 6) is 1.79. The average Bonchev–Trinajstić information content (AvgIpc) is 2.48. The summed E-state index contributed by atoms with van der Waals surface area (Å²) in [5.41, 5.74) is 1.94. The van der Waals surface area contributed by atoms with Crippen molar-refractivity contribution in [1.82, 2.24) is 0 Å². The van der Waals surface area contributed by atoms with Gasteiger partial charge >= 0.3 is 5.97 Å². The second kappa shape index (κ2) is 4.83. The van der Waals surface area contributed by atoms with E-state index in [1.165, 1.54) is 18.4 Å². The zero-order valence-electron chi connectivity index (χ0n) is 13.8. The molecule has 0 spiro atoms. The Morgan fingerprint density at radius 2 is 2.00 bits per heavy atom. The van der Waals surface area contributed by atoms with Gasteiger partial charge in [0.25, 0.3) is 0 Å². The fraction of sp³-hybridized carbons (Fsp3) is 0.842. The van der Waals surface area contributed by atoms with Crippen molar-refractivity contribution in [2.75, 3.05) is 6.61 Å². The molecule has 3 fully saturated rings. The second-order valence-corrected chi connectivity index (χ2v) is 8.71. The number of aliphatic hydroxyl groups excluding tert-OH is 1. The summed E-state index contributed by atoms with van der Waals surface area (Å²) in [6.07, 6.45) is 9.30. The molecule has 2 saturated carbocycles. The van der Waals surface area contributed by atoms with E-state index in [0.29, 0.717) is 30.8 Å². The van der Waals surface area contributed by atoms with Gasteiger partial charge in [0.1, 0.15) is 0 Å². The number of ether oxygens (including phenoxy) is 1. The molecular formula is C19H28O3. The fourth-order valence-electron chi connectivity index (χ4n) is 6.10. The van der Waals surface area contributed by atoms with Gasteiger partial charge in [-0.1, -0.05) is 25.5 Å². The van der Waals surface area contributed by atoms with E-state index in [1.807, 2.05) is 0 Å². The summed E-state index contributed by atoms with van der Waals surface area (Å²) in [4.78, 5) is 11.9. The number of allylic oxidation sites excluding steroid dienone is 1. The van der Waals surface area contributed by atoms with Crippen molar-refractivity contribution >= 4 is 5.97 Å². The van der Waals surface area contributed by atoms with Gasteiger partial charge in [0, 0.05) is 11.8 Å². The standard InChI is InChI=1S/C19H28O3/c1-18-7-6-15-14(16(18)10-17(21)22-11-18)4-3-12-9-13(20)5-8-19(12,15)2/h3,13-16,20H,4-11H2,1-2H3. The molecule has 122 valence electrons. The number of fused-ring (bicyclic) bond motifs is 5. The third kappa shape index (κ3) is 2.01. The Kier molecular flexibility index (Phi) is 3.24. The molecule has 22 heavy (non-hydrogen) atoms. The summed E-state index contributed by atoms with van der Waals surface area (Å²) < 4.78 is 5.39. The van der Waals surface area contributed by atoms with Gasteiger partial charge < -0.3 is 9.84 Å². The molecule has 0 aromatic rings. The van der Waals surface area contributed by atoms with Gasteiger partial charge in [0.15, 0.2) is 0 Å². The van der Waals surface area contributed by atoms with E-state index in [0.717, 1.165) is 25.7 Å². The molecule has 4 aliphatic rings. The van der Waals surface area contributed by atoms with Crippen LogP contribution in [0.5, 0.6) is 0 Å². The first-order chi connectivity index (χ1) is 10.4. The predicted molar refractivity (Wildman–Crippen MR) is 84.1 cm³/mol. The van der Waals surface area contributed by atoms with E-state index in [1.54, 1.807) is 0 Å². The minimum absolute atomic E-state index is 0.00196. The lowest BCUT2D eigenvalue weighted by Gasteiger charge is -2.59. The van der Waals surface area contributed by atoms with E-state index >= 15 is 0 Å². The minimum atomic E-state index is -0.144. The van der Waals surface area contributed by atoms with Gasteiger partial charge in [0.05, 0.1) is 12.7 Å². The largest absolute Gasteiger partial charge is 0.465 e. The zero-order chi connectivity index (χ0) is 15.5. The molecule has 6 unspecified atom stereocenters. The van der Waals surface area contributed by atoms with Crippen molar-refractivity contribution in [3.63, 3.8) is 0 Å². The molecule has 3 aliphatic carbocycles. The number of hydrogen-bond donors (Lipinski definition) is 1. The number of rotatable bonds is 0. The van der Waals surface area contributed by atoms with Gasteiger partial charge in [-0.15, -0.1) is 0 Å². The Hall–Kier alpha value is -0.830. The molecule has 3 nitrogen and oxygen atoms in total. The number of aliphatic hydroxyl groups is 1. The first-order valence-electron chi connectivity index (χ1n) is 8.96. The Morgan fingerprint density at radius 3 is 2.82 bits per heavy atom. The fourth-order valence-corrected chi connectivity index (χ4v) is 6.10. The molecule has 3 heteroatoms. The van der Waals surface area contributed by atoms with Crippen LogP contribution in [0, 0.1) is 28.6 Å². The maximum atomic E-state index is 11.9. The monoisotopic (exact) mass is 304 g/mol. The van der Waals surface area contributed by atoms with Crippen LogP contribution >= 0.6 is 0 Å². The molecule has 1 aliphatic heterocycles. The van der Waals surface area contributed by atoms with Crippen LogP contribution < -0.4 is 0 Å². The van der Waals surface area contributed by atoms with E-state index in [-0.39, 0.29) is 22.9 Å². The molecule has 6 atom stereocenters. The number of esters is 1. The molecule has 1 saturated heterocycles. The highest BCUT2D eigenvalue weighted by Crippen LogP contribution is 2.62. The van der Waals surface area contributed by atoms with Crippen LogP contribution in [0.3, 0.4) is 0 Å². The van der Waals surface area contributed by atoms with Crippen LogP contribution in [0.15, 0.2) is 11.6 Å². The average molecular weight is 304 g/mol. The molecule has 1 N–H and O–H groups in total. The van der Waals surface area contributed by atoms with Crippen LogP contribution in [0.4, 0.5) is 0 Å². The van der Waals surface area contributed by atoms with Crippen molar-refractivity contribution in [2.45, 2.75) is 64.9 Å². The SMILES string of the molecule is CC12CCC3C(CC=C4CC(O)CCC43C)C1CC(=O)OC2. The van der Waals surface area contributed by atoms with Gasteiger partial charge in [0.2, 0.25) is 0 Å². The van der Waals surface area contributed by atoms with Gasteiger partial charge in [-0.3, -0.25) is 4.79 Å². The molecular weight excluding hydrogens is 276 g/mol. The van der Waals surface area contributed by atoms with Crippen LogP contribution in [-0.4, -0.2) is 23.8 Å². The van der Waals surface area contributed by atoms with Gasteiger partial charge in [-0.2, -0.15) is 0 Å². The highest BCUT2D eigenvalue weighted by Gasteiger charge is 2.56. The molecule has 4 rings (SSSR count). The van der Waals surface area contributed by atoms with Crippen LogP contribution in [0.25, 0.3) is 0 Å². The molecule has 0 bridgehead atoms. The Bertz CT molecular complexity index is 525. The molecule has 0 radical (unpaired) electrons. The number of carbonyl (C=O) groups excluding carboxylic acids is 1. The van der Waals surface area contributed by atoms with E-state index in [4.69, 9.17) is 4.74 Å². The topological polar surface area (TPSA) is 46.5 Å². The first-order valence-corrected chi connectivity index (χ1v) is 8.96. The molecule has 0 aromatic heterocycles. The third-order valence-electron chi connectivity index (χ3n) is 7.55. The molecule has 0 aromatic carbocycles. The summed E-state index contributed by atoms with van der Waals surface area (Å²) >= 11 is 0. The highest BCUT2D eigenvalue weighted by molar-refractivity contribution is 5.70. The Labute approximate surface area is 133 Å². The molecule has 0 amide bonds. The Balaban J connectivity index is 1.68. The van der Waals surface area contributed by atoms with Crippen molar-refractivity contribution < 1.29 is 14.6 Å². The van der Waals surface area contributed by atoms with E-state index in [9.17, 15) is 9.90 Å². The first kappa shape index (κ1) is 14.7. The smallest absolute Gasteiger partial charge is 0.306 e. The van der Waals surface area contributed by atoms with Crippen molar-refractivity contribution in [1.29, 1.82) is 0 Å². The normalized spacial score (nSPS) is 51.0. The number of carbonyl (C=O) groups is 1. The van der Waals surface area contributed by atoms with Crippen molar-refractivity contribution in [2.24, 2.45) is 28.6 Å². The van der Waals surface area contributed by atoms with Crippen molar-refractivity contribution in [3.8, 4) is 0 Å². The van der Waals surface area contributed by atoms with Crippen LogP contribution in [0.2, 0.25) is 0 Å². The van der Waals surface area contributed by atoms with E-state index < -0.39 is 0 Å². The van der Waals surface area contributed by atoms with Crippen LogP contribution in [-0.2, 0) is 9.53 Å². The summed E-state index contributed by atoms with van der Waals surface area (Å²) in [6.45, 7) is 5.36. The van der Waals surface area contributed by atoms with E-state index in [2.05, 4.69) is 19.9 Å². The van der Waals surface area contributed by atoms with Gasteiger partial charge in [-0.25, -0.2) is 0 Å². The van der Waals surface area contributed by atoms with Crippen LogP contribution in [0.1, 0.15) is 58.8 Å². The lowest BCUT2D eigenvalue weighted by Crippen LogP contribution is -2.54. The quantitative estimate of drug-likeness (QED) is 0.550. The second-order valence-electron chi connectivity index (χ2n) is 8.71. The lowest BCUT2D eigenvalue weighted by molar-refractivity contribution is -0.172. The summed E-state index contributed by atoms with van der Waals surface area (Å²) in [7, 11) is 0. The summed E-state index contributed by atoms with van der Waals surface area (Å²) in [5, 5.41) is 10.0. The highest BCUT2D eigenvalue weighted by atomic mass is 16.5. The summed E-state index contributed by atoms with van der Waals surface area (Å²) in [6, 6.07) is 0. The minimum Gasteiger partial charge on any atom is -0.465 e. The van der Waals surface area contributed by atoms with Crippen molar-refractivity contribution in [3.05, 3.63) is 11.6 Å². The van der Waals surface area contributed by atoms with Gasteiger partial charge in [-0.05, 0) is 61.7 Å².